The van der Waals surface area contributed by atoms with Crippen molar-refractivity contribution in [3.05, 3.63) is 23.3 Å². The van der Waals surface area contributed by atoms with Crippen LogP contribution in [0.5, 0.6) is 0 Å². The van der Waals surface area contributed by atoms with Crippen molar-refractivity contribution >= 4 is 15.9 Å². The molecule has 4 heterocycles. The van der Waals surface area contributed by atoms with Crippen LogP contribution < -0.4 is 10.9 Å². The van der Waals surface area contributed by atoms with Crippen molar-refractivity contribution in [2.75, 3.05) is 19.6 Å². The Labute approximate surface area is 185 Å². The number of hydrogen-bond donors (Lipinski definition) is 2. The lowest BCUT2D eigenvalue weighted by molar-refractivity contribution is 0.0722. The zero-order chi connectivity index (χ0) is 22.2. The number of aromatic nitrogens is 2. The van der Waals surface area contributed by atoms with Crippen molar-refractivity contribution < 1.29 is 13.2 Å². The molecule has 0 saturated carbocycles. The third-order valence-electron chi connectivity index (χ3n) is 6.82. The van der Waals surface area contributed by atoms with Crippen molar-refractivity contribution in [3.63, 3.8) is 0 Å². The Morgan fingerprint density at radius 3 is 2.32 bits per heavy atom. The Morgan fingerprint density at radius 1 is 1.03 bits per heavy atom. The molecule has 3 fully saturated rings. The zero-order valence-electron chi connectivity index (χ0n) is 18.7. The molecular formula is C21H34N6O3S. The van der Waals surface area contributed by atoms with E-state index < -0.39 is 21.3 Å². The lowest BCUT2D eigenvalue weighted by Crippen LogP contribution is -2.49. The molecule has 3 aliphatic heterocycles. The Hall–Kier alpha value is -1.62. The van der Waals surface area contributed by atoms with E-state index in [-0.39, 0.29) is 18.0 Å². The molecule has 2 N–H and O–H groups in total. The topological polar surface area (TPSA) is 108 Å². The van der Waals surface area contributed by atoms with Gasteiger partial charge in [-0.05, 0) is 52.9 Å². The molecule has 0 aromatic carbocycles. The smallest absolute Gasteiger partial charge is 0.257 e. The van der Waals surface area contributed by atoms with Gasteiger partial charge in [-0.25, -0.2) is 18.4 Å². The third-order valence-corrected chi connectivity index (χ3v) is 9.41. The highest BCUT2D eigenvalue weighted by atomic mass is 32.2. The Balaban J connectivity index is 1.60. The molecule has 9 nitrogen and oxygen atoms in total. The maximum atomic E-state index is 13.6. The van der Waals surface area contributed by atoms with E-state index in [9.17, 15) is 13.2 Å². The van der Waals surface area contributed by atoms with E-state index in [2.05, 4.69) is 20.8 Å². The fourth-order valence-electron chi connectivity index (χ4n) is 5.12. The molecule has 3 atom stereocenters. The normalized spacial score (nSPS) is 30.5. The van der Waals surface area contributed by atoms with Gasteiger partial charge in [0.05, 0.1) is 17.3 Å². The molecule has 1 aromatic rings. The van der Waals surface area contributed by atoms with Crippen LogP contribution in [0, 0.1) is 6.92 Å². The first-order chi connectivity index (χ1) is 14.8. The lowest BCUT2D eigenvalue weighted by Gasteiger charge is -2.37. The zero-order valence-corrected chi connectivity index (χ0v) is 19.5. The van der Waals surface area contributed by atoms with Crippen LogP contribution in [0.2, 0.25) is 0 Å². The molecule has 172 valence electrons. The van der Waals surface area contributed by atoms with Gasteiger partial charge in [0.25, 0.3) is 5.91 Å². The summed E-state index contributed by atoms with van der Waals surface area (Å²) in [4.78, 5) is 23.9. The molecule has 3 saturated heterocycles. The van der Waals surface area contributed by atoms with Crippen LogP contribution >= 0.6 is 0 Å². The van der Waals surface area contributed by atoms with Gasteiger partial charge in [-0.3, -0.25) is 15.6 Å². The minimum atomic E-state index is -3.56. The molecule has 10 heteroatoms. The van der Waals surface area contributed by atoms with Crippen LogP contribution in [-0.2, 0) is 10.0 Å². The summed E-state index contributed by atoms with van der Waals surface area (Å²) in [6, 6.07) is -0.763. The average Bonchev–Trinajstić information content (AvgIpc) is 3.12. The first-order valence-corrected chi connectivity index (χ1v) is 13.0. The number of carbonyl (C=O) groups is 1. The Bertz CT molecular complexity index is 908. The summed E-state index contributed by atoms with van der Waals surface area (Å²) in [5, 5.41) is -0.547. The van der Waals surface area contributed by atoms with Gasteiger partial charge < -0.3 is 4.90 Å². The number of piperidine rings is 2. The van der Waals surface area contributed by atoms with Crippen LogP contribution in [0.15, 0.2) is 6.20 Å². The predicted octanol–water partition coefficient (Wildman–Crippen LogP) is 1.52. The summed E-state index contributed by atoms with van der Waals surface area (Å²) in [6.07, 6.45) is 7.26. The summed E-state index contributed by atoms with van der Waals surface area (Å²) < 4.78 is 28.8. The van der Waals surface area contributed by atoms with Gasteiger partial charge in [-0.1, -0.05) is 6.42 Å². The highest BCUT2D eigenvalue weighted by molar-refractivity contribution is 7.89. The van der Waals surface area contributed by atoms with Crippen LogP contribution in [0.3, 0.4) is 0 Å². The number of aryl methyl sites for hydroxylation is 1. The summed E-state index contributed by atoms with van der Waals surface area (Å²) in [5.74, 6) is 0.470. The summed E-state index contributed by atoms with van der Waals surface area (Å²) in [7, 11) is -3.56. The molecule has 0 spiro atoms. The minimum absolute atomic E-state index is 0.0253. The van der Waals surface area contributed by atoms with Crippen molar-refractivity contribution in [2.24, 2.45) is 0 Å². The maximum Gasteiger partial charge on any atom is 0.257 e. The summed E-state index contributed by atoms with van der Waals surface area (Å²) >= 11 is 0. The quantitative estimate of drug-likeness (QED) is 0.716. The SMILES string of the molecule is Cc1nc(C2CCCCN2S(=O)(=O)C2C(C)NNC2C)ncc1C(=O)N1CCCCC1. The van der Waals surface area contributed by atoms with E-state index in [4.69, 9.17) is 0 Å². The lowest BCUT2D eigenvalue weighted by atomic mass is 10.0. The second kappa shape index (κ2) is 9.09. The molecule has 0 aliphatic carbocycles. The van der Waals surface area contributed by atoms with E-state index in [1.807, 2.05) is 25.7 Å². The summed E-state index contributed by atoms with van der Waals surface area (Å²) in [6.45, 7) is 7.61. The van der Waals surface area contributed by atoms with E-state index in [1.54, 1.807) is 10.5 Å². The molecule has 0 bridgehead atoms. The Kier molecular flexibility index (Phi) is 6.62. The van der Waals surface area contributed by atoms with E-state index in [0.717, 1.165) is 45.2 Å². The molecule has 3 aliphatic rings. The molecule has 1 aromatic heterocycles. The Morgan fingerprint density at radius 2 is 1.68 bits per heavy atom. The number of nitrogens with zero attached hydrogens (tertiary/aromatic N) is 4. The van der Waals surface area contributed by atoms with E-state index in [0.29, 0.717) is 30.0 Å². The van der Waals surface area contributed by atoms with Gasteiger partial charge in [0.15, 0.2) is 0 Å². The number of carbonyl (C=O) groups excluding carboxylic acids is 1. The van der Waals surface area contributed by atoms with Crippen LogP contribution in [0.1, 0.15) is 80.3 Å². The largest absolute Gasteiger partial charge is 0.339 e. The van der Waals surface area contributed by atoms with Crippen molar-refractivity contribution in [2.45, 2.75) is 82.7 Å². The van der Waals surface area contributed by atoms with Gasteiger partial charge in [0.1, 0.15) is 11.1 Å². The molecule has 4 rings (SSSR count). The number of nitrogens with one attached hydrogen (secondary N) is 2. The van der Waals surface area contributed by atoms with Gasteiger partial charge in [0, 0.05) is 37.9 Å². The fourth-order valence-corrected chi connectivity index (χ4v) is 7.54. The minimum Gasteiger partial charge on any atom is -0.339 e. The van der Waals surface area contributed by atoms with E-state index in [1.165, 1.54) is 0 Å². The maximum absolute atomic E-state index is 13.6. The van der Waals surface area contributed by atoms with Gasteiger partial charge >= 0.3 is 0 Å². The van der Waals surface area contributed by atoms with Gasteiger partial charge in [-0.15, -0.1) is 0 Å². The second-order valence-corrected chi connectivity index (χ2v) is 11.1. The molecule has 0 radical (unpaired) electrons. The van der Waals surface area contributed by atoms with Gasteiger partial charge in [0.2, 0.25) is 10.0 Å². The second-order valence-electron chi connectivity index (χ2n) is 9.08. The monoisotopic (exact) mass is 450 g/mol. The van der Waals surface area contributed by atoms with Crippen LogP contribution in [0.25, 0.3) is 0 Å². The van der Waals surface area contributed by atoms with Crippen LogP contribution in [0.4, 0.5) is 0 Å². The predicted molar refractivity (Wildman–Crippen MR) is 118 cm³/mol. The molecular weight excluding hydrogens is 416 g/mol. The van der Waals surface area contributed by atoms with Crippen molar-refractivity contribution in [1.29, 1.82) is 0 Å². The standard InChI is InChI=1S/C21H34N6O3S/c1-14-17(21(28)26-10-6-4-7-11-26)13-22-20(23-14)18-9-5-8-12-27(18)31(29,30)19-15(2)24-25-16(19)3/h13,15-16,18-19,24-25H,4-12H2,1-3H3. The number of likely N-dealkylation sites (tertiary alicyclic amines) is 1. The van der Waals surface area contributed by atoms with Crippen molar-refractivity contribution in [1.82, 2.24) is 30.0 Å². The molecule has 3 unspecified atom stereocenters. The van der Waals surface area contributed by atoms with Crippen LogP contribution in [-0.4, -0.2) is 70.5 Å². The number of hydrogen-bond acceptors (Lipinski definition) is 7. The number of rotatable bonds is 4. The first kappa shape index (κ1) is 22.6. The molecule has 1 amide bonds. The third kappa shape index (κ3) is 4.35. The fraction of sp³-hybridized carbons (Fsp3) is 0.762. The van der Waals surface area contributed by atoms with E-state index >= 15 is 0 Å². The number of amides is 1. The molecule has 31 heavy (non-hydrogen) atoms. The number of sulfonamides is 1. The highest BCUT2D eigenvalue weighted by Gasteiger charge is 2.46. The first-order valence-electron chi connectivity index (χ1n) is 11.4. The average molecular weight is 451 g/mol. The number of hydrazine groups is 1. The van der Waals surface area contributed by atoms with Crippen molar-refractivity contribution in [3.8, 4) is 0 Å². The summed E-state index contributed by atoms with van der Waals surface area (Å²) in [5.41, 5.74) is 7.24. The highest BCUT2D eigenvalue weighted by Crippen LogP contribution is 2.34. The van der Waals surface area contributed by atoms with Gasteiger partial charge in [-0.2, -0.15) is 4.31 Å².